The number of carbonyl (C=O) groups excluding carboxylic acids is 1. The van der Waals surface area contributed by atoms with E-state index in [4.69, 9.17) is 22.4 Å². The maximum atomic E-state index is 11.1. The van der Waals surface area contributed by atoms with E-state index in [0.717, 1.165) is 0 Å². The zero-order valence-corrected chi connectivity index (χ0v) is 8.21. The lowest BCUT2D eigenvalue weighted by molar-refractivity contribution is 0.0593. The lowest BCUT2D eigenvalue weighted by atomic mass is 10.2. The van der Waals surface area contributed by atoms with Crippen molar-refractivity contribution in [2.45, 2.75) is 6.61 Å². The second-order valence-corrected chi connectivity index (χ2v) is 2.89. The number of ether oxygens (including phenoxy) is 1. The second-order valence-electron chi connectivity index (χ2n) is 2.52. The fourth-order valence-corrected chi connectivity index (χ4v) is 1.09. The fraction of sp³-hybridized carbons (Fsp3) is 0.250. The van der Waals surface area contributed by atoms with Gasteiger partial charge >= 0.3 is 5.97 Å². The first-order valence-electron chi connectivity index (χ1n) is 3.74. The van der Waals surface area contributed by atoms with E-state index in [2.05, 4.69) is 9.72 Å². The molecule has 6 heteroatoms. The van der Waals surface area contributed by atoms with E-state index in [1.54, 1.807) is 0 Å². The highest BCUT2D eigenvalue weighted by molar-refractivity contribution is 6.35. The number of carbonyl (C=O) groups is 1. The van der Waals surface area contributed by atoms with Crippen LogP contribution in [-0.4, -0.2) is 23.2 Å². The lowest BCUT2D eigenvalue weighted by Crippen LogP contribution is -2.09. The minimum Gasteiger partial charge on any atom is -0.464 e. The highest BCUT2D eigenvalue weighted by Crippen LogP contribution is 2.23. The second kappa shape index (κ2) is 4.26. The quantitative estimate of drug-likeness (QED) is 0.707. The van der Waals surface area contributed by atoms with Gasteiger partial charge in [0.25, 0.3) is 0 Å². The number of anilines is 1. The number of esters is 1. The average Bonchev–Trinajstić information content (AvgIpc) is 2.20. The summed E-state index contributed by atoms with van der Waals surface area (Å²) in [6.45, 7) is -0.314. The van der Waals surface area contributed by atoms with Crippen LogP contribution < -0.4 is 5.73 Å². The number of hydrogen-bond acceptors (Lipinski definition) is 5. The number of nitrogen functional groups attached to an aromatic ring is 1. The molecule has 0 saturated carbocycles. The third-order valence-corrected chi connectivity index (χ3v) is 1.98. The Morgan fingerprint density at radius 3 is 2.93 bits per heavy atom. The molecule has 1 aromatic heterocycles. The SMILES string of the molecule is COC(=O)c1nc(CO)cc(N)c1Cl. The maximum Gasteiger partial charge on any atom is 0.358 e. The number of aliphatic hydroxyl groups excluding tert-OH is 1. The molecule has 76 valence electrons. The molecule has 0 unspecified atom stereocenters. The number of aromatic nitrogens is 1. The van der Waals surface area contributed by atoms with Crippen LogP contribution in [0.3, 0.4) is 0 Å². The Balaban J connectivity index is 3.27. The largest absolute Gasteiger partial charge is 0.464 e. The van der Waals surface area contributed by atoms with E-state index in [0.29, 0.717) is 0 Å². The Bertz CT molecular complexity index is 368. The minimum absolute atomic E-state index is 0.0362. The molecular formula is C8H9ClN2O3. The standard InChI is InChI=1S/C8H9ClN2O3/c1-14-8(13)7-6(9)5(10)2-4(3-12)11-7/h2,12H,3H2,1H3,(H2,10,11). The molecule has 5 nitrogen and oxygen atoms in total. The van der Waals surface area contributed by atoms with Gasteiger partial charge in [0.15, 0.2) is 5.69 Å². The zero-order chi connectivity index (χ0) is 10.7. The molecule has 0 amide bonds. The molecule has 0 radical (unpaired) electrons. The third kappa shape index (κ3) is 1.94. The number of pyridine rings is 1. The van der Waals surface area contributed by atoms with E-state index in [-0.39, 0.29) is 28.7 Å². The summed E-state index contributed by atoms with van der Waals surface area (Å²) in [4.78, 5) is 14.9. The van der Waals surface area contributed by atoms with Gasteiger partial charge in [0.05, 0.1) is 30.1 Å². The van der Waals surface area contributed by atoms with E-state index in [1.807, 2.05) is 0 Å². The van der Waals surface area contributed by atoms with Gasteiger partial charge in [0.2, 0.25) is 0 Å². The molecule has 0 aliphatic carbocycles. The monoisotopic (exact) mass is 216 g/mol. The first-order chi connectivity index (χ1) is 6.60. The number of nitrogens with zero attached hydrogens (tertiary/aromatic N) is 1. The van der Waals surface area contributed by atoms with Crippen LogP contribution >= 0.6 is 11.6 Å². The van der Waals surface area contributed by atoms with Crippen LogP contribution in [0.15, 0.2) is 6.07 Å². The van der Waals surface area contributed by atoms with Gasteiger partial charge in [-0.15, -0.1) is 0 Å². The number of nitrogens with two attached hydrogens (primary N) is 1. The van der Waals surface area contributed by atoms with Crippen molar-refractivity contribution in [1.29, 1.82) is 0 Å². The molecule has 3 N–H and O–H groups in total. The van der Waals surface area contributed by atoms with Gasteiger partial charge in [0, 0.05) is 0 Å². The van der Waals surface area contributed by atoms with Gasteiger partial charge < -0.3 is 15.6 Å². The highest BCUT2D eigenvalue weighted by Gasteiger charge is 2.16. The maximum absolute atomic E-state index is 11.1. The van der Waals surface area contributed by atoms with Crippen molar-refractivity contribution in [2.24, 2.45) is 0 Å². The summed E-state index contributed by atoms with van der Waals surface area (Å²) in [5.41, 5.74) is 5.87. The van der Waals surface area contributed by atoms with Crippen molar-refractivity contribution in [1.82, 2.24) is 4.98 Å². The normalized spacial score (nSPS) is 9.93. The van der Waals surface area contributed by atoms with Crippen LogP contribution in [0.2, 0.25) is 5.02 Å². The van der Waals surface area contributed by atoms with Gasteiger partial charge in [-0.1, -0.05) is 11.6 Å². The molecule has 0 aliphatic heterocycles. The van der Waals surface area contributed by atoms with Gasteiger partial charge in [-0.25, -0.2) is 9.78 Å². The number of halogens is 1. The molecule has 0 aliphatic rings. The molecule has 0 aromatic carbocycles. The van der Waals surface area contributed by atoms with Gasteiger partial charge in [0.1, 0.15) is 0 Å². The summed E-state index contributed by atoms with van der Waals surface area (Å²) in [7, 11) is 1.21. The predicted octanol–water partition coefficient (Wildman–Crippen LogP) is 0.596. The Labute approximate surface area is 85.5 Å². The smallest absolute Gasteiger partial charge is 0.358 e. The van der Waals surface area contributed by atoms with Crippen molar-refractivity contribution in [3.63, 3.8) is 0 Å². The van der Waals surface area contributed by atoms with Crippen LogP contribution in [-0.2, 0) is 11.3 Å². The minimum atomic E-state index is -0.683. The van der Waals surface area contributed by atoms with Gasteiger partial charge in [-0.3, -0.25) is 0 Å². The van der Waals surface area contributed by atoms with Gasteiger partial charge in [-0.2, -0.15) is 0 Å². The van der Waals surface area contributed by atoms with E-state index in [9.17, 15) is 4.79 Å². The van der Waals surface area contributed by atoms with Gasteiger partial charge in [-0.05, 0) is 6.07 Å². The van der Waals surface area contributed by atoms with Crippen molar-refractivity contribution in [3.8, 4) is 0 Å². The molecule has 0 spiro atoms. The molecule has 14 heavy (non-hydrogen) atoms. The predicted molar refractivity (Wildman–Crippen MR) is 50.9 cm³/mol. The van der Waals surface area contributed by atoms with Crippen LogP contribution in [0.1, 0.15) is 16.2 Å². The van der Waals surface area contributed by atoms with Crippen LogP contribution in [0.25, 0.3) is 0 Å². The van der Waals surface area contributed by atoms with Crippen molar-refractivity contribution < 1.29 is 14.6 Å². The average molecular weight is 217 g/mol. The van der Waals surface area contributed by atoms with Crippen molar-refractivity contribution in [3.05, 3.63) is 22.5 Å². The molecule has 0 fully saturated rings. The molecule has 1 aromatic rings. The van der Waals surface area contributed by atoms with Crippen LogP contribution in [0, 0.1) is 0 Å². The molecule has 0 saturated heterocycles. The summed E-state index contributed by atoms with van der Waals surface area (Å²) in [6, 6.07) is 1.40. The number of hydrogen-bond donors (Lipinski definition) is 2. The fourth-order valence-electron chi connectivity index (χ4n) is 0.917. The first kappa shape index (κ1) is 10.7. The van der Waals surface area contributed by atoms with Crippen LogP contribution in [0.5, 0.6) is 0 Å². The zero-order valence-electron chi connectivity index (χ0n) is 7.45. The molecule has 0 atom stereocenters. The Morgan fingerprint density at radius 2 is 2.43 bits per heavy atom. The summed E-state index contributed by atoms with van der Waals surface area (Å²) in [6.07, 6.45) is 0. The molecular weight excluding hydrogens is 208 g/mol. The summed E-state index contributed by atoms with van der Waals surface area (Å²) >= 11 is 5.73. The molecule has 1 rings (SSSR count). The van der Waals surface area contributed by atoms with E-state index >= 15 is 0 Å². The third-order valence-electron chi connectivity index (χ3n) is 1.58. The van der Waals surface area contributed by atoms with Crippen LogP contribution in [0.4, 0.5) is 5.69 Å². The number of methoxy groups -OCH3 is 1. The van der Waals surface area contributed by atoms with Crippen molar-refractivity contribution in [2.75, 3.05) is 12.8 Å². The first-order valence-corrected chi connectivity index (χ1v) is 4.12. The number of rotatable bonds is 2. The van der Waals surface area contributed by atoms with E-state index in [1.165, 1.54) is 13.2 Å². The molecule has 1 heterocycles. The Hall–Kier alpha value is -1.33. The Kier molecular flexibility index (Phi) is 3.27. The summed E-state index contributed by atoms with van der Waals surface area (Å²) in [5, 5.41) is 8.85. The summed E-state index contributed by atoms with van der Waals surface area (Å²) in [5.74, 6) is -0.683. The highest BCUT2D eigenvalue weighted by atomic mass is 35.5. The number of aliphatic hydroxyl groups is 1. The van der Waals surface area contributed by atoms with E-state index < -0.39 is 5.97 Å². The topological polar surface area (TPSA) is 85.4 Å². The Morgan fingerprint density at radius 1 is 1.79 bits per heavy atom. The summed E-state index contributed by atoms with van der Waals surface area (Å²) < 4.78 is 4.45. The lowest BCUT2D eigenvalue weighted by Gasteiger charge is -2.06. The molecule has 0 bridgehead atoms. The van der Waals surface area contributed by atoms with Crippen molar-refractivity contribution >= 4 is 23.3 Å².